The van der Waals surface area contributed by atoms with Crippen LogP contribution < -0.4 is 0 Å². The summed E-state index contributed by atoms with van der Waals surface area (Å²) < 4.78 is 12.9. The van der Waals surface area contributed by atoms with Crippen LogP contribution in [0.25, 0.3) is 0 Å². The van der Waals surface area contributed by atoms with E-state index in [0.29, 0.717) is 12.6 Å². The lowest BCUT2D eigenvalue weighted by atomic mass is 9.71. The van der Waals surface area contributed by atoms with Crippen molar-refractivity contribution >= 4 is 28.6 Å². The molecule has 0 amide bonds. The number of hydrogen-bond acceptors (Lipinski definition) is 4. The fourth-order valence-corrected chi connectivity index (χ4v) is 5.98. The predicted molar refractivity (Wildman–Crippen MR) is 141 cm³/mol. The van der Waals surface area contributed by atoms with Gasteiger partial charge in [-0.15, -0.1) is 0 Å². The lowest BCUT2D eigenvalue weighted by Gasteiger charge is -2.48. The summed E-state index contributed by atoms with van der Waals surface area (Å²) in [6.07, 6.45) is 1.53. The number of fused-ring (bicyclic) bond motifs is 1. The zero-order valence-corrected chi connectivity index (χ0v) is 23.9. The Morgan fingerprint density at radius 2 is 1.81 bits per heavy atom. The lowest BCUT2D eigenvalue weighted by Crippen LogP contribution is -2.45. The van der Waals surface area contributed by atoms with Crippen molar-refractivity contribution in [1.29, 1.82) is 0 Å². The summed E-state index contributed by atoms with van der Waals surface area (Å²) in [7, 11) is 0. The first-order valence-corrected chi connectivity index (χ1v) is 12.9. The van der Waals surface area contributed by atoms with Crippen LogP contribution in [-0.4, -0.2) is 29.1 Å². The Bertz CT molecular complexity index is 882. The highest BCUT2D eigenvalue weighted by molar-refractivity contribution is 14.1. The first-order valence-electron chi connectivity index (χ1n) is 11.8. The summed E-state index contributed by atoms with van der Waals surface area (Å²) in [5, 5.41) is 0. The van der Waals surface area contributed by atoms with Gasteiger partial charge in [-0.2, -0.15) is 0 Å². The van der Waals surface area contributed by atoms with E-state index >= 15 is 0 Å². The first-order chi connectivity index (χ1) is 14.7. The molecule has 0 spiro atoms. The topological polar surface area (TPSA) is 38.8 Å². The molecule has 2 atom stereocenters. The minimum atomic E-state index is -0.757. The molecule has 0 saturated carbocycles. The molecule has 2 rings (SSSR count). The van der Waals surface area contributed by atoms with Crippen LogP contribution in [0.5, 0.6) is 0 Å². The molecular formula is C27H42INO3. The van der Waals surface area contributed by atoms with E-state index in [1.165, 1.54) is 16.7 Å². The molecule has 1 aromatic rings. The molecule has 1 aromatic carbocycles. The lowest BCUT2D eigenvalue weighted by molar-refractivity contribution is -0.167. The number of allylic oxidation sites excluding steroid dienone is 1. The van der Waals surface area contributed by atoms with Crippen molar-refractivity contribution in [3.63, 3.8) is 0 Å². The molecule has 0 aromatic heterocycles. The highest BCUT2D eigenvalue weighted by Crippen LogP contribution is 2.48. The van der Waals surface area contributed by atoms with Crippen molar-refractivity contribution in [3.05, 3.63) is 43.7 Å². The van der Waals surface area contributed by atoms with Crippen LogP contribution >= 0.6 is 22.6 Å². The molecule has 0 radical (unpaired) electrons. The van der Waals surface area contributed by atoms with Crippen LogP contribution in [0.1, 0.15) is 102 Å². The molecule has 0 aliphatic carbocycles. The number of rotatable bonds is 7. The number of ether oxygens (including phenoxy) is 2. The maximum Gasteiger partial charge on any atom is 0.340 e. The van der Waals surface area contributed by atoms with Gasteiger partial charge in [0.25, 0.3) is 0 Å². The number of esters is 1. The first kappa shape index (κ1) is 27.2. The average Bonchev–Trinajstić information content (AvgIpc) is 2.66. The van der Waals surface area contributed by atoms with Gasteiger partial charge in [0.2, 0.25) is 0 Å². The average molecular weight is 556 g/mol. The molecule has 32 heavy (non-hydrogen) atoms. The quantitative estimate of drug-likeness (QED) is 0.265. The van der Waals surface area contributed by atoms with Gasteiger partial charge in [-0.05, 0) is 99.7 Å². The summed E-state index contributed by atoms with van der Waals surface area (Å²) in [4.78, 5) is 15.5. The maximum absolute atomic E-state index is 13.1. The maximum atomic E-state index is 13.1. The molecule has 0 fully saturated rings. The summed E-state index contributed by atoms with van der Waals surface area (Å²) in [6, 6.07) is 0.438. The van der Waals surface area contributed by atoms with E-state index in [9.17, 15) is 4.79 Å². The third-order valence-electron chi connectivity index (χ3n) is 6.59. The van der Waals surface area contributed by atoms with Crippen molar-refractivity contribution in [2.75, 3.05) is 6.61 Å². The van der Waals surface area contributed by atoms with Gasteiger partial charge in [0.15, 0.2) is 6.10 Å². The van der Waals surface area contributed by atoms with E-state index in [2.05, 4.69) is 75.6 Å². The van der Waals surface area contributed by atoms with E-state index in [1.54, 1.807) is 0 Å². The molecule has 180 valence electrons. The summed E-state index contributed by atoms with van der Waals surface area (Å²) in [6.45, 7) is 26.8. The van der Waals surface area contributed by atoms with Gasteiger partial charge < -0.3 is 14.4 Å². The number of nitrogens with zero attached hydrogens (tertiary/aromatic N) is 1. The third kappa shape index (κ3) is 5.19. The van der Waals surface area contributed by atoms with Gasteiger partial charge >= 0.3 is 5.97 Å². The molecule has 0 saturated heterocycles. The fourth-order valence-electron chi connectivity index (χ4n) is 4.96. The van der Waals surface area contributed by atoms with Crippen LogP contribution in [-0.2, 0) is 26.2 Å². The standard InChI is InChI=1S/C27H42INO3/c1-12-14-16(3)29-15-20-17(4)23(28)21(18(5)22(20)27(10,11)19(29)6)24(25(30)31-13-2)32-26(7,8)9/h16,24H,6,12-15H2,1-5,7-11H3/t16?,24-/m0/s1. The van der Waals surface area contributed by atoms with Gasteiger partial charge in [-0.3, -0.25) is 0 Å². The van der Waals surface area contributed by atoms with Crippen LogP contribution in [0.15, 0.2) is 12.3 Å². The van der Waals surface area contributed by atoms with Gasteiger partial charge in [0.1, 0.15) is 0 Å². The van der Waals surface area contributed by atoms with Crippen molar-refractivity contribution in [3.8, 4) is 0 Å². The fraction of sp³-hybridized carbons (Fsp3) is 0.667. The minimum absolute atomic E-state index is 0.246. The number of halogens is 1. The number of carbonyl (C=O) groups is 1. The van der Waals surface area contributed by atoms with Gasteiger partial charge in [0.05, 0.1) is 12.2 Å². The zero-order chi connectivity index (χ0) is 24.6. The Morgan fingerprint density at radius 1 is 1.22 bits per heavy atom. The molecule has 0 N–H and O–H groups in total. The van der Waals surface area contributed by atoms with Crippen molar-refractivity contribution in [2.45, 2.75) is 112 Å². The zero-order valence-electron chi connectivity index (χ0n) is 21.7. The molecular weight excluding hydrogens is 513 g/mol. The highest BCUT2D eigenvalue weighted by Gasteiger charge is 2.42. The van der Waals surface area contributed by atoms with E-state index in [-0.39, 0.29) is 11.4 Å². The monoisotopic (exact) mass is 555 g/mol. The molecule has 0 bridgehead atoms. The van der Waals surface area contributed by atoms with Crippen LogP contribution in [0.4, 0.5) is 0 Å². The predicted octanol–water partition coefficient (Wildman–Crippen LogP) is 7.12. The molecule has 4 nitrogen and oxygen atoms in total. The van der Waals surface area contributed by atoms with Crippen molar-refractivity contribution in [2.24, 2.45) is 0 Å². The third-order valence-corrected chi connectivity index (χ3v) is 7.98. The van der Waals surface area contributed by atoms with Gasteiger partial charge in [-0.25, -0.2) is 4.79 Å². The van der Waals surface area contributed by atoms with E-state index < -0.39 is 11.7 Å². The second-order valence-corrected chi connectivity index (χ2v) is 11.6. The van der Waals surface area contributed by atoms with Crippen LogP contribution in [0, 0.1) is 17.4 Å². The highest BCUT2D eigenvalue weighted by atomic mass is 127. The second kappa shape index (κ2) is 10.0. The van der Waals surface area contributed by atoms with Crippen LogP contribution in [0.3, 0.4) is 0 Å². The Hall–Kier alpha value is -1.08. The largest absolute Gasteiger partial charge is 0.464 e. The SMILES string of the molecule is C=C1N(C(C)CCC)Cc2c(C)c(I)c([C@H](OC(C)(C)C)C(=O)OCC)c(C)c2C1(C)C. The van der Waals surface area contributed by atoms with E-state index in [4.69, 9.17) is 9.47 Å². The second-order valence-electron chi connectivity index (χ2n) is 10.5. The molecule has 1 heterocycles. The summed E-state index contributed by atoms with van der Waals surface area (Å²) in [5.41, 5.74) is 6.33. The molecule has 1 aliphatic heterocycles. The van der Waals surface area contributed by atoms with Gasteiger partial charge in [0, 0.05) is 32.8 Å². The number of hydrogen-bond donors (Lipinski definition) is 0. The van der Waals surface area contributed by atoms with Gasteiger partial charge in [-0.1, -0.05) is 33.8 Å². The van der Waals surface area contributed by atoms with Crippen molar-refractivity contribution < 1.29 is 14.3 Å². The van der Waals surface area contributed by atoms with Crippen LogP contribution in [0.2, 0.25) is 0 Å². The smallest absolute Gasteiger partial charge is 0.340 e. The normalized spacial score (nSPS) is 17.7. The Labute approximate surface area is 209 Å². The minimum Gasteiger partial charge on any atom is -0.464 e. The molecule has 1 unspecified atom stereocenters. The molecule has 5 heteroatoms. The number of benzene rings is 1. The number of carbonyl (C=O) groups excluding carboxylic acids is 1. The van der Waals surface area contributed by atoms with E-state index in [0.717, 1.165) is 39.8 Å². The Morgan fingerprint density at radius 3 is 2.31 bits per heavy atom. The molecule has 1 aliphatic rings. The Balaban J connectivity index is 2.77. The Kier molecular flexibility index (Phi) is 8.53. The van der Waals surface area contributed by atoms with E-state index in [1.807, 2.05) is 27.7 Å². The summed E-state index contributed by atoms with van der Waals surface area (Å²) >= 11 is 2.39. The summed E-state index contributed by atoms with van der Waals surface area (Å²) in [5.74, 6) is -0.326. The van der Waals surface area contributed by atoms with Crippen molar-refractivity contribution in [1.82, 2.24) is 4.90 Å².